The third-order valence-corrected chi connectivity index (χ3v) is 6.40. The zero-order valence-corrected chi connectivity index (χ0v) is 20.9. The molecule has 0 bridgehead atoms. The van der Waals surface area contributed by atoms with Crippen molar-refractivity contribution in [2.24, 2.45) is 0 Å². The number of phenols is 1. The first kappa shape index (κ1) is 23.4. The van der Waals surface area contributed by atoms with Crippen molar-refractivity contribution >= 4 is 5.65 Å². The maximum absolute atomic E-state index is 10.1. The Morgan fingerprint density at radius 1 is 0.895 bits per heavy atom. The number of fused-ring (bicyclic) bond motifs is 4. The van der Waals surface area contributed by atoms with Crippen LogP contribution in [0, 0.1) is 0 Å². The zero-order chi connectivity index (χ0) is 26.2. The molecule has 0 saturated carbocycles. The Labute approximate surface area is 218 Å². The van der Waals surface area contributed by atoms with Crippen LogP contribution in [-0.4, -0.2) is 46.0 Å². The van der Waals surface area contributed by atoms with Crippen LogP contribution in [-0.2, 0) is 6.61 Å². The molecule has 1 unspecified atom stereocenters. The molecule has 3 aromatic carbocycles. The molecule has 0 amide bonds. The van der Waals surface area contributed by atoms with E-state index < -0.39 is 0 Å². The molecule has 192 valence electrons. The van der Waals surface area contributed by atoms with Crippen LogP contribution < -0.4 is 23.7 Å². The Bertz CT molecular complexity index is 1630. The third kappa shape index (κ3) is 4.05. The van der Waals surface area contributed by atoms with Gasteiger partial charge >= 0.3 is 0 Å². The first-order valence-electron chi connectivity index (χ1n) is 11.8. The Balaban J connectivity index is 1.44. The molecule has 0 saturated heterocycles. The van der Waals surface area contributed by atoms with Crippen molar-refractivity contribution in [2.45, 2.75) is 12.5 Å². The van der Waals surface area contributed by atoms with E-state index in [4.69, 9.17) is 28.7 Å². The molecule has 1 N–H and O–H groups in total. The maximum Gasteiger partial charge on any atom is 0.228 e. The highest BCUT2D eigenvalue weighted by molar-refractivity contribution is 5.67. The van der Waals surface area contributed by atoms with Crippen LogP contribution in [0.15, 0.2) is 67.0 Å². The molecule has 10 heteroatoms. The van der Waals surface area contributed by atoms with Crippen molar-refractivity contribution in [3.8, 4) is 40.4 Å². The highest BCUT2D eigenvalue weighted by atomic mass is 16.5. The number of hydrogen-bond acceptors (Lipinski definition) is 9. The van der Waals surface area contributed by atoms with Gasteiger partial charge in [-0.15, -0.1) is 5.10 Å². The van der Waals surface area contributed by atoms with Crippen LogP contribution in [0.4, 0.5) is 0 Å². The molecule has 1 aliphatic heterocycles. The predicted molar refractivity (Wildman–Crippen MR) is 137 cm³/mol. The van der Waals surface area contributed by atoms with E-state index in [1.165, 1.54) is 0 Å². The van der Waals surface area contributed by atoms with Crippen molar-refractivity contribution in [2.75, 3.05) is 21.3 Å². The van der Waals surface area contributed by atoms with E-state index in [1.807, 2.05) is 48.5 Å². The molecule has 5 aromatic rings. The lowest BCUT2D eigenvalue weighted by atomic mass is 9.83. The third-order valence-electron chi connectivity index (χ3n) is 6.40. The largest absolute Gasteiger partial charge is 0.508 e. The van der Waals surface area contributed by atoms with Gasteiger partial charge in [0.05, 0.1) is 26.9 Å². The highest BCUT2D eigenvalue weighted by Gasteiger charge is 2.34. The first-order chi connectivity index (χ1) is 18.6. The fourth-order valence-electron chi connectivity index (χ4n) is 4.61. The Morgan fingerprint density at radius 2 is 1.68 bits per heavy atom. The Kier molecular flexibility index (Phi) is 5.83. The van der Waals surface area contributed by atoms with Gasteiger partial charge in [0, 0.05) is 17.5 Å². The minimum atomic E-state index is -0.329. The summed E-state index contributed by atoms with van der Waals surface area (Å²) < 4.78 is 29.9. The van der Waals surface area contributed by atoms with Crippen molar-refractivity contribution in [3.63, 3.8) is 0 Å². The topological polar surface area (TPSA) is 109 Å². The second-order valence-corrected chi connectivity index (χ2v) is 8.60. The number of aromatic nitrogens is 4. The summed E-state index contributed by atoms with van der Waals surface area (Å²) in [7, 11) is 4.81. The van der Waals surface area contributed by atoms with Crippen LogP contribution in [0.1, 0.15) is 28.4 Å². The van der Waals surface area contributed by atoms with Gasteiger partial charge < -0.3 is 28.8 Å². The van der Waals surface area contributed by atoms with Gasteiger partial charge in [-0.2, -0.15) is 0 Å². The summed E-state index contributed by atoms with van der Waals surface area (Å²) in [6, 6.07) is 18.1. The number of phenolic OH excluding ortho intramolecular Hbond substituents is 1. The van der Waals surface area contributed by atoms with Crippen LogP contribution in [0.5, 0.6) is 40.4 Å². The van der Waals surface area contributed by atoms with Crippen molar-refractivity contribution in [3.05, 3.63) is 89.5 Å². The number of hydrogen-bond donors (Lipinski definition) is 1. The molecular weight excluding hydrogens is 488 g/mol. The molecular formula is C28H24N4O6. The average molecular weight is 513 g/mol. The summed E-state index contributed by atoms with van der Waals surface area (Å²) in [6.07, 6.45) is 1.55. The van der Waals surface area contributed by atoms with E-state index >= 15 is 0 Å². The van der Waals surface area contributed by atoms with Gasteiger partial charge in [0.2, 0.25) is 5.88 Å². The van der Waals surface area contributed by atoms with Gasteiger partial charge in [-0.1, -0.05) is 12.1 Å². The standard InChI is InChI=1S/C28H24N4O6/c1-34-18-6-8-19(9-7-18)37-14-24-30-27-26-25(16-4-11-21(35-2)23(12-16)36-3)20-10-5-17(33)13-22(20)38-28(26)29-15-32(27)31-24/h4-13,15,25,33H,14H2,1-3H3. The number of ether oxygens (including phenoxy) is 5. The summed E-state index contributed by atoms with van der Waals surface area (Å²) in [5, 5.41) is 14.7. The lowest BCUT2D eigenvalue weighted by Gasteiger charge is -2.28. The van der Waals surface area contributed by atoms with Crippen LogP contribution in [0.2, 0.25) is 0 Å². The van der Waals surface area contributed by atoms with Gasteiger partial charge in [-0.3, -0.25) is 0 Å². The van der Waals surface area contributed by atoms with Gasteiger partial charge in [0.15, 0.2) is 23.0 Å². The molecule has 38 heavy (non-hydrogen) atoms. The minimum Gasteiger partial charge on any atom is -0.508 e. The zero-order valence-electron chi connectivity index (χ0n) is 20.9. The normalized spacial score (nSPS) is 13.8. The van der Waals surface area contributed by atoms with E-state index in [9.17, 15) is 5.11 Å². The van der Waals surface area contributed by atoms with E-state index in [0.717, 1.165) is 22.4 Å². The maximum atomic E-state index is 10.1. The lowest BCUT2D eigenvalue weighted by Crippen LogP contribution is -2.15. The van der Waals surface area contributed by atoms with Gasteiger partial charge in [0.1, 0.15) is 35.9 Å². The van der Waals surface area contributed by atoms with Gasteiger partial charge in [-0.25, -0.2) is 14.5 Å². The van der Waals surface area contributed by atoms with E-state index in [-0.39, 0.29) is 18.3 Å². The smallest absolute Gasteiger partial charge is 0.228 e. The van der Waals surface area contributed by atoms with E-state index in [0.29, 0.717) is 40.3 Å². The Hall–Kier alpha value is -4.99. The molecule has 3 heterocycles. The number of methoxy groups -OCH3 is 3. The fraction of sp³-hybridized carbons (Fsp3) is 0.179. The van der Waals surface area contributed by atoms with Crippen LogP contribution in [0.25, 0.3) is 5.65 Å². The Morgan fingerprint density at radius 3 is 2.45 bits per heavy atom. The van der Waals surface area contributed by atoms with Crippen molar-refractivity contribution in [1.29, 1.82) is 0 Å². The summed E-state index contributed by atoms with van der Waals surface area (Å²) in [6.45, 7) is 0.162. The lowest BCUT2D eigenvalue weighted by molar-refractivity contribution is 0.295. The predicted octanol–water partition coefficient (Wildman–Crippen LogP) is 4.72. The first-order valence-corrected chi connectivity index (χ1v) is 11.8. The van der Waals surface area contributed by atoms with Gasteiger partial charge in [-0.05, 0) is 48.0 Å². The number of aromatic hydroxyl groups is 1. The molecule has 0 aliphatic carbocycles. The number of benzene rings is 3. The van der Waals surface area contributed by atoms with Crippen molar-refractivity contribution < 1.29 is 28.8 Å². The minimum absolute atomic E-state index is 0.0970. The number of rotatable bonds is 7. The molecule has 6 rings (SSSR count). The molecule has 1 atom stereocenters. The van der Waals surface area contributed by atoms with E-state index in [2.05, 4.69) is 10.1 Å². The molecule has 2 aromatic heterocycles. The molecule has 0 radical (unpaired) electrons. The molecule has 0 spiro atoms. The average Bonchev–Trinajstić information content (AvgIpc) is 3.38. The summed E-state index contributed by atoms with van der Waals surface area (Å²) in [5.41, 5.74) is 3.08. The van der Waals surface area contributed by atoms with E-state index in [1.54, 1.807) is 44.3 Å². The van der Waals surface area contributed by atoms with Crippen LogP contribution >= 0.6 is 0 Å². The van der Waals surface area contributed by atoms with Gasteiger partial charge in [0.25, 0.3) is 0 Å². The van der Waals surface area contributed by atoms with Crippen molar-refractivity contribution in [1.82, 2.24) is 19.6 Å². The summed E-state index contributed by atoms with van der Waals surface area (Å²) >= 11 is 0. The fourth-order valence-corrected chi connectivity index (χ4v) is 4.61. The van der Waals surface area contributed by atoms with Crippen LogP contribution in [0.3, 0.4) is 0 Å². The molecule has 10 nitrogen and oxygen atoms in total. The summed E-state index contributed by atoms with van der Waals surface area (Å²) in [5.74, 6) is 3.77. The second kappa shape index (κ2) is 9.47. The molecule has 1 aliphatic rings. The highest BCUT2D eigenvalue weighted by Crippen LogP contribution is 2.49. The second-order valence-electron chi connectivity index (χ2n) is 8.60. The molecule has 0 fully saturated rings. The summed E-state index contributed by atoms with van der Waals surface area (Å²) in [4.78, 5) is 9.32. The SMILES string of the molecule is COc1ccc(OCc2nc3c4c(ncn3n2)Oc2cc(O)ccc2C4c2ccc(OC)c(OC)c2)cc1. The monoisotopic (exact) mass is 512 g/mol. The number of nitrogens with zero attached hydrogens (tertiary/aromatic N) is 4. The quantitative estimate of drug-likeness (QED) is 0.325.